The fourth-order valence-corrected chi connectivity index (χ4v) is 1.81. The summed E-state index contributed by atoms with van der Waals surface area (Å²) in [5.41, 5.74) is 1.91. The molecule has 0 aliphatic rings. The van der Waals surface area contributed by atoms with E-state index in [0.717, 1.165) is 22.9 Å². The molecule has 20 heavy (non-hydrogen) atoms. The highest BCUT2D eigenvalue weighted by molar-refractivity contribution is 5.31. The summed E-state index contributed by atoms with van der Waals surface area (Å²) in [4.78, 5) is 8.61. The Morgan fingerprint density at radius 2 is 1.60 bits per heavy atom. The summed E-state index contributed by atoms with van der Waals surface area (Å²) in [5, 5.41) is 3.15. The highest BCUT2D eigenvalue weighted by Gasteiger charge is 1.99. The zero-order valence-electron chi connectivity index (χ0n) is 12.0. The lowest BCUT2D eigenvalue weighted by molar-refractivity contribution is 0.331. The van der Waals surface area contributed by atoms with Crippen molar-refractivity contribution < 1.29 is 9.47 Å². The van der Waals surface area contributed by atoms with Crippen molar-refractivity contribution in [1.82, 2.24) is 9.97 Å². The second-order valence-electron chi connectivity index (χ2n) is 4.43. The summed E-state index contributed by atoms with van der Waals surface area (Å²) >= 11 is 0. The number of rotatable bonds is 6. The molecule has 0 radical (unpaired) electrons. The molecule has 0 fully saturated rings. The molecular formula is C15H19N3O2. The van der Waals surface area contributed by atoms with Crippen LogP contribution >= 0.6 is 0 Å². The number of hydrogen-bond acceptors (Lipinski definition) is 5. The van der Waals surface area contributed by atoms with Crippen molar-refractivity contribution in [1.29, 1.82) is 0 Å². The number of nitrogens with zero attached hydrogens (tertiary/aromatic N) is 2. The van der Waals surface area contributed by atoms with E-state index in [1.54, 1.807) is 7.11 Å². The topological polar surface area (TPSA) is 56.3 Å². The van der Waals surface area contributed by atoms with Crippen LogP contribution < -0.4 is 14.8 Å². The molecule has 0 saturated carbocycles. The maximum Gasteiger partial charge on any atom is 0.223 e. The number of nitrogens with one attached hydrogen (secondary N) is 1. The first-order valence-corrected chi connectivity index (χ1v) is 6.50. The standard InChI is InChI=1S/C15H19N3O2/c1-11-10-12(2)18-15(17-11)16-8-9-20-14-6-4-13(19-3)5-7-14/h4-7,10H,8-9H2,1-3H3,(H,16,17,18). The molecule has 0 saturated heterocycles. The Labute approximate surface area is 119 Å². The van der Waals surface area contributed by atoms with Crippen molar-refractivity contribution in [2.75, 3.05) is 25.6 Å². The third-order valence-electron chi connectivity index (χ3n) is 2.70. The highest BCUT2D eigenvalue weighted by atomic mass is 16.5. The number of aryl methyl sites for hydroxylation is 2. The molecule has 2 aromatic rings. The first-order valence-electron chi connectivity index (χ1n) is 6.50. The molecule has 0 unspecified atom stereocenters. The van der Waals surface area contributed by atoms with Gasteiger partial charge in [-0.05, 0) is 44.2 Å². The van der Waals surface area contributed by atoms with Crippen LogP contribution in [0.25, 0.3) is 0 Å². The van der Waals surface area contributed by atoms with Gasteiger partial charge in [0.25, 0.3) is 0 Å². The molecule has 1 aromatic carbocycles. The van der Waals surface area contributed by atoms with Crippen LogP contribution in [-0.2, 0) is 0 Å². The van der Waals surface area contributed by atoms with Crippen molar-refractivity contribution in [2.45, 2.75) is 13.8 Å². The largest absolute Gasteiger partial charge is 0.497 e. The van der Waals surface area contributed by atoms with Gasteiger partial charge in [-0.15, -0.1) is 0 Å². The van der Waals surface area contributed by atoms with Crippen LogP contribution in [0.1, 0.15) is 11.4 Å². The molecular weight excluding hydrogens is 254 g/mol. The molecule has 1 N–H and O–H groups in total. The molecule has 0 atom stereocenters. The number of methoxy groups -OCH3 is 1. The van der Waals surface area contributed by atoms with Crippen LogP contribution in [0.4, 0.5) is 5.95 Å². The molecule has 0 aliphatic heterocycles. The van der Waals surface area contributed by atoms with Crippen LogP contribution in [0.5, 0.6) is 11.5 Å². The first-order chi connectivity index (χ1) is 9.67. The van der Waals surface area contributed by atoms with Gasteiger partial charge < -0.3 is 14.8 Å². The number of hydrogen-bond donors (Lipinski definition) is 1. The lowest BCUT2D eigenvalue weighted by atomic mass is 10.3. The van der Waals surface area contributed by atoms with Crippen LogP contribution in [0.3, 0.4) is 0 Å². The highest BCUT2D eigenvalue weighted by Crippen LogP contribution is 2.16. The minimum absolute atomic E-state index is 0.544. The van der Waals surface area contributed by atoms with Crippen LogP contribution in [0.2, 0.25) is 0 Å². The van der Waals surface area contributed by atoms with Crippen LogP contribution in [0.15, 0.2) is 30.3 Å². The molecule has 0 amide bonds. The molecule has 0 spiro atoms. The van der Waals surface area contributed by atoms with Crippen molar-refractivity contribution in [3.63, 3.8) is 0 Å². The van der Waals surface area contributed by atoms with E-state index in [0.29, 0.717) is 19.1 Å². The Hall–Kier alpha value is -2.30. The summed E-state index contributed by atoms with van der Waals surface area (Å²) in [7, 11) is 1.64. The van der Waals surface area contributed by atoms with Crippen molar-refractivity contribution in [3.05, 3.63) is 41.7 Å². The summed E-state index contributed by atoms with van der Waals surface area (Å²) in [6.07, 6.45) is 0. The quantitative estimate of drug-likeness (QED) is 0.820. The zero-order chi connectivity index (χ0) is 14.4. The second kappa shape index (κ2) is 6.75. The number of aromatic nitrogens is 2. The van der Waals surface area contributed by atoms with E-state index in [2.05, 4.69) is 15.3 Å². The van der Waals surface area contributed by atoms with E-state index in [1.807, 2.05) is 44.2 Å². The summed E-state index contributed by atoms with van der Waals surface area (Å²) in [6.45, 7) is 5.10. The monoisotopic (exact) mass is 273 g/mol. The van der Waals surface area contributed by atoms with E-state index >= 15 is 0 Å². The van der Waals surface area contributed by atoms with Gasteiger partial charge in [-0.1, -0.05) is 0 Å². The van der Waals surface area contributed by atoms with E-state index in [9.17, 15) is 0 Å². The summed E-state index contributed by atoms with van der Waals surface area (Å²) in [5.74, 6) is 2.27. The summed E-state index contributed by atoms with van der Waals surface area (Å²) < 4.78 is 10.7. The van der Waals surface area contributed by atoms with Crippen molar-refractivity contribution in [2.24, 2.45) is 0 Å². The smallest absolute Gasteiger partial charge is 0.223 e. The molecule has 2 rings (SSSR count). The second-order valence-corrected chi connectivity index (χ2v) is 4.43. The van der Waals surface area contributed by atoms with Gasteiger partial charge in [0.05, 0.1) is 13.7 Å². The fourth-order valence-electron chi connectivity index (χ4n) is 1.81. The average molecular weight is 273 g/mol. The fraction of sp³-hybridized carbons (Fsp3) is 0.333. The molecule has 1 heterocycles. The molecule has 5 heteroatoms. The van der Waals surface area contributed by atoms with E-state index in [4.69, 9.17) is 9.47 Å². The number of ether oxygens (including phenoxy) is 2. The first kappa shape index (κ1) is 14.1. The average Bonchev–Trinajstić information content (AvgIpc) is 2.43. The van der Waals surface area contributed by atoms with E-state index in [1.165, 1.54) is 0 Å². The third kappa shape index (κ3) is 4.12. The van der Waals surface area contributed by atoms with E-state index in [-0.39, 0.29) is 0 Å². The van der Waals surface area contributed by atoms with Crippen LogP contribution in [0, 0.1) is 13.8 Å². The molecule has 0 aliphatic carbocycles. The molecule has 5 nitrogen and oxygen atoms in total. The van der Waals surface area contributed by atoms with Crippen molar-refractivity contribution >= 4 is 5.95 Å². The van der Waals surface area contributed by atoms with Gasteiger partial charge in [-0.25, -0.2) is 9.97 Å². The number of anilines is 1. The molecule has 1 aromatic heterocycles. The Kier molecular flexibility index (Phi) is 4.76. The minimum atomic E-state index is 0.544. The maximum absolute atomic E-state index is 5.61. The predicted molar refractivity (Wildman–Crippen MR) is 78.5 cm³/mol. The lowest BCUT2D eigenvalue weighted by Crippen LogP contribution is -2.14. The van der Waals surface area contributed by atoms with Gasteiger partial charge in [0.15, 0.2) is 0 Å². The van der Waals surface area contributed by atoms with Gasteiger partial charge in [-0.3, -0.25) is 0 Å². The maximum atomic E-state index is 5.61. The van der Waals surface area contributed by atoms with Gasteiger partial charge in [0, 0.05) is 11.4 Å². The van der Waals surface area contributed by atoms with Crippen molar-refractivity contribution in [3.8, 4) is 11.5 Å². The van der Waals surface area contributed by atoms with Gasteiger partial charge in [0.2, 0.25) is 5.95 Å². The summed E-state index contributed by atoms with van der Waals surface area (Å²) in [6, 6.07) is 9.45. The predicted octanol–water partition coefficient (Wildman–Crippen LogP) is 2.59. The minimum Gasteiger partial charge on any atom is -0.497 e. The van der Waals surface area contributed by atoms with E-state index < -0.39 is 0 Å². The Balaban J connectivity index is 1.78. The Morgan fingerprint density at radius 3 is 2.20 bits per heavy atom. The Morgan fingerprint density at radius 1 is 1.00 bits per heavy atom. The normalized spacial score (nSPS) is 10.2. The molecule has 0 bridgehead atoms. The Bertz CT molecular complexity index is 535. The third-order valence-corrected chi connectivity index (χ3v) is 2.70. The van der Waals surface area contributed by atoms with Gasteiger partial charge in [0.1, 0.15) is 18.1 Å². The van der Waals surface area contributed by atoms with Gasteiger partial charge in [-0.2, -0.15) is 0 Å². The van der Waals surface area contributed by atoms with Gasteiger partial charge >= 0.3 is 0 Å². The van der Waals surface area contributed by atoms with Crippen LogP contribution in [-0.4, -0.2) is 30.2 Å². The zero-order valence-corrected chi connectivity index (χ0v) is 12.0. The number of benzene rings is 1. The SMILES string of the molecule is COc1ccc(OCCNc2nc(C)cc(C)n2)cc1. The molecule has 106 valence electrons. The lowest BCUT2D eigenvalue weighted by Gasteiger charge is -2.09.